The Bertz CT molecular complexity index is 350. The van der Waals surface area contributed by atoms with Crippen LogP contribution in [0.1, 0.15) is 18.1 Å². The zero-order chi connectivity index (χ0) is 12.3. The van der Waals surface area contributed by atoms with Crippen LogP contribution in [0.2, 0.25) is 0 Å². The Morgan fingerprint density at radius 3 is 2.65 bits per heavy atom. The first-order chi connectivity index (χ1) is 8.17. The fraction of sp³-hybridized carbons (Fsp3) is 0.571. The summed E-state index contributed by atoms with van der Waals surface area (Å²) in [5.74, 6) is 0. The number of hydrogen-bond acceptors (Lipinski definition) is 3. The molecule has 0 amide bonds. The third kappa shape index (κ3) is 3.53. The summed E-state index contributed by atoms with van der Waals surface area (Å²) >= 11 is 0. The predicted molar refractivity (Wildman–Crippen MR) is 67.9 cm³/mol. The molecule has 1 heterocycles. The number of benzene rings is 1. The third-order valence-corrected chi connectivity index (χ3v) is 3.13. The molecule has 1 aliphatic rings. The van der Waals surface area contributed by atoms with Crippen LogP contribution in [-0.4, -0.2) is 41.9 Å². The van der Waals surface area contributed by atoms with Crippen molar-refractivity contribution in [3.8, 4) is 0 Å². The Kier molecular flexibility index (Phi) is 4.15. The van der Waals surface area contributed by atoms with Crippen LogP contribution in [0.4, 0.5) is 0 Å². The van der Waals surface area contributed by atoms with Gasteiger partial charge in [-0.3, -0.25) is 4.90 Å². The van der Waals surface area contributed by atoms with E-state index in [0.29, 0.717) is 0 Å². The van der Waals surface area contributed by atoms with Gasteiger partial charge in [-0.2, -0.15) is 0 Å². The second-order valence-corrected chi connectivity index (χ2v) is 4.93. The van der Waals surface area contributed by atoms with Crippen LogP contribution in [0.5, 0.6) is 0 Å². The molecule has 1 aromatic rings. The highest BCUT2D eigenvalue weighted by Gasteiger charge is 2.24. The molecular weight excluding hydrogens is 214 g/mol. The highest BCUT2D eigenvalue weighted by Crippen LogP contribution is 2.14. The molecule has 1 saturated heterocycles. The molecular formula is C14H21NO2. The van der Waals surface area contributed by atoms with Crippen molar-refractivity contribution in [3.05, 3.63) is 35.4 Å². The van der Waals surface area contributed by atoms with E-state index in [1.54, 1.807) is 0 Å². The summed E-state index contributed by atoms with van der Waals surface area (Å²) in [6.45, 7) is 6.95. The lowest BCUT2D eigenvalue weighted by atomic mass is 10.1. The number of aryl methyl sites for hydroxylation is 1. The monoisotopic (exact) mass is 235 g/mol. The molecule has 1 fully saturated rings. The van der Waals surface area contributed by atoms with Crippen molar-refractivity contribution in [3.63, 3.8) is 0 Å². The number of hydrogen-bond donors (Lipinski definition) is 1. The normalized spacial score (nSPS) is 26.1. The molecule has 0 bridgehead atoms. The van der Waals surface area contributed by atoms with Crippen molar-refractivity contribution in [1.29, 1.82) is 0 Å². The van der Waals surface area contributed by atoms with Crippen molar-refractivity contribution in [1.82, 2.24) is 4.90 Å². The van der Waals surface area contributed by atoms with E-state index in [-0.39, 0.29) is 18.8 Å². The summed E-state index contributed by atoms with van der Waals surface area (Å²) in [6, 6.07) is 8.62. The molecule has 0 aromatic heterocycles. The van der Waals surface area contributed by atoms with Crippen LogP contribution in [0.15, 0.2) is 24.3 Å². The van der Waals surface area contributed by atoms with Crippen molar-refractivity contribution in [2.75, 3.05) is 19.7 Å². The van der Waals surface area contributed by atoms with E-state index in [2.05, 4.69) is 43.0 Å². The van der Waals surface area contributed by atoms with Gasteiger partial charge in [-0.1, -0.05) is 29.8 Å². The summed E-state index contributed by atoms with van der Waals surface area (Å²) in [5.41, 5.74) is 2.61. The Morgan fingerprint density at radius 1 is 1.29 bits per heavy atom. The van der Waals surface area contributed by atoms with Gasteiger partial charge in [-0.25, -0.2) is 0 Å². The fourth-order valence-electron chi connectivity index (χ4n) is 2.32. The van der Waals surface area contributed by atoms with Gasteiger partial charge in [0.1, 0.15) is 0 Å². The van der Waals surface area contributed by atoms with Gasteiger partial charge in [0.15, 0.2) is 0 Å². The van der Waals surface area contributed by atoms with Gasteiger partial charge in [0.05, 0.1) is 18.8 Å². The smallest absolute Gasteiger partial charge is 0.0936 e. The molecule has 0 aliphatic carbocycles. The van der Waals surface area contributed by atoms with Crippen molar-refractivity contribution in [2.24, 2.45) is 0 Å². The lowest BCUT2D eigenvalue weighted by Crippen LogP contribution is -2.47. The molecule has 0 spiro atoms. The highest BCUT2D eigenvalue weighted by molar-refractivity contribution is 5.21. The van der Waals surface area contributed by atoms with Crippen LogP contribution in [0, 0.1) is 6.92 Å². The summed E-state index contributed by atoms with van der Waals surface area (Å²) in [4.78, 5) is 2.35. The van der Waals surface area contributed by atoms with Crippen molar-refractivity contribution in [2.45, 2.75) is 32.6 Å². The number of morpholine rings is 1. The van der Waals surface area contributed by atoms with E-state index in [4.69, 9.17) is 4.74 Å². The molecule has 1 aromatic carbocycles. The van der Waals surface area contributed by atoms with Crippen LogP contribution in [-0.2, 0) is 11.3 Å². The zero-order valence-electron chi connectivity index (χ0n) is 10.6. The molecule has 2 unspecified atom stereocenters. The summed E-state index contributed by atoms with van der Waals surface area (Å²) in [5, 5.41) is 9.18. The third-order valence-electron chi connectivity index (χ3n) is 3.13. The summed E-state index contributed by atoms with van der Waals surface area (Å²) in [7, 11) is 0. The average Bonchev–Trinajstić information content (AvgIpc) is 2.31. The first-order valence-corrected chi connectivity index (χ1v) is 6.21. The minimum atomic E-state index is -0.0378. The van der Waals surface area contributed by atoms with Crippen molar-refractivity contribution < 1.29 is 9.84 Å². The summed E-state index contributed by atoms with van der Waals surface area (Å²) in [6.07, 6.45) is 0.163. The number of aliphatic hydroxyl groups is 1. The average molecular weight is 235 g/mol. The van der Waals surface area contributed by atoms with Gasteiger partial charge in [-0.05, 0) is 19.4 Å². The maximum absolute atomic E-state index is 9.18. The molecule has 3 heteroatoms. The standard InChI is InChI=1S/C14H21NO2/c1-11-3-5-13(6-4-11)8-15-7-12(2)17-14(9-15)10-16/h3-6,12,14,16H,7-10H2,1-2H3. The predicted octanol–water partition coefficient (Wildman–Crippen LogP) is 1.58. The van der Waals surface area contributed by atoms with Crippen LogP contribution < -0.4 is 0 Å². The van der Waals surface area contributed by atoms with E-state index in [9.17, 15) is 5.11 Å². The zero-order valence-corrected chi connectivity index (χ0v) is 10.6. The Hall–Kier alpha value is -0.900. The number of nitrogens with zero attached hydrogens (tertiary/aromatic N) is 1. The van der Waals surface area contributed by atoms with E-state index < -0.39 is 0 Å². The molecule has 94 valence electrons. The van der Waals surface area contributed by atoms with Crippen molar-refractivity contribution >= 4 is 0 Å². The van der Waals surface area contributed by atoms with Gasteiger partial charge < -0.3 is 9.84 Å². The minimum absolute atomic E-state index is 0.0378. The molecule has 17 heavy (non-hydrogen) atoms. The largest absolute Gasteiger partial charge is 0.394 e. The second kappa shape index (κ2) is 5.63. The van der Waals surface area contributed by atoms with Crippen LogP contribution in [0.25, 0.3) is 0 Å². The summed E-state index contributed by atoms with van der Waals surface area (Å²) < 4.78 is 5.63. The lowest BCUT2D eigenvalue weighted by molar-refractivity contribution is -0.0972. The van der Waals surface area contributed by atoms with Gasteiger partial charge in [0, 0.05) is 19.6 Å². The molecule has 0 saturated carbocycles. The SMILES string of the molecule is Cc1ccc(CN2CC(C)OC(CO)C2)cc1. The van der Waals surface area contributed by atoms with Crippen LogP contribution >= 0.6 is 0 Å². The molecule has 2 rings (SSSR count). The second-order valence-electron chi connectivity index (χ2n) is 4.93. The molecule has 1 aliphatic heterocycles. The quantitative estimate of drug-likeness (QED) is 0.863. The van der Waals surface area contributed by atoms with E-state index >= 15 is 0 Å². The topological polar surface area (TPSA) is 32.7 Å². The Labute approximate surface area is 103 Å². The van der Waals surface area contributed by atoms with E-state index in [1.165, 1.54) is 11.1 Å². The van der Waals surface area contributed by atoms with E-state index in [0.717, 1.165) is 19.6 Å². The van der Waals surface area contributed by atoms with Gasteiger partial charge in [0.25, 0.3) is 0 Å². The number of aliphatic hydroxyl groups excluding tert-OH is 1. The van der Waals surface area contributed by atoms with Gasteiger partial charge in [-0.15, -0.1) is 0 Å². The first-order valence-electron chi connectivity index (χ1n) is 6.21. The van der Waals surface area contributed by atoms with E-state index in [1.807, 2.05) is 0 Å². The first kappa shape index (κ1) is 12.6. The molecule has 2 atom stereocenters. The number of rotatable bonds is 3. The molecule has 3 nitrogen and oxygen atoms in total. The maximum atomic E-state index is 9.18. The number of ether oxygens (including phenoxy) is 1. The van der Waals surface area contributed by atoms with Gasteiger partial charge >= 0.3 is 0 Å². The maximum Gasteiger partial charge on any atom is 0.0936 e. The van der Waals surface area contributed by atoms with Crippen LogP contribution in [0.3, 0.4) is 0 Å². The highest BCUT2D eigenvalue weighted by atomic mass is 16.5. The lowest BCUT2D eigenvalue weighted by Gasteiger charge is -2.36. The Morgan fingerprint density at radius 2 is 2.00 bits per heavy atom. The van der Waals surface area contributed by atoms with Gasteiger partial charge in [0.2, 0.25) is 0 Å². The molecule has 1 N–H and O–H groups in total. The molecule has 0 radical (unpaired) electrons. The Balaban J connectivity index is 1.95. The fourth-order valence-corrected chi connectivity index (χ4v) is 2.32. The minimum Gasteiger partial charge on any atom is -0.394 e.